The highest BCUT2D eigenvalue weighted by Crippen LogP contribution is 2.41. The third-order valence-electron chi connectivity index (χ3n) is 4.85. The van der Waals surface area contributed by atoms with Crippen LogP contribution in [0.25, 0.3) is 10.8 Å². The molecular weight excluding hydrogens is 328 g/mol. The average molecular weight is 348 g/mol. The van der Waals surface area contributed by atoms with Crippen LogP contribution in [0.4, 0.5) is 0 Å². The Morgan fingerprint density at radius 1 is 1.15 bits per heavy atom. The van der Waals surface area contributed by atoms with E-state index in [4.69, 9.17) is 4.74 Å². The van der Waals surface area contributed by atoms with E-state index < -0.39 is 0 Å². The van der Waals surface area contributed by atoms with Gasteiger partial charge in [0.2, 0.25) is 0 Å². The van der Waals surface area contributed by atoms with Gasteiger partial charge in [0.25, 0.3) is 11.5 Å². The van der Waals surface area contributed by atoms with Crippen LogP contribution in [-0.4, -0.2) is 18.0 Å². The number of carbonyl (C=O) groups is 1. The topological polar surface area (TPSA) is 71.2 Å². The van der Waals surface area contributed by atoms with Crippen molar-refractivity contribution in [3.63, 3.8) is 0 Å². The van der Waals surface area contributed by atoms with Crippen LogP contribution in [-0.2, 0) is 0 Å². The number of carbonyl (C=O) groups excluding carboxylic acids is 1. The molecule has 4 rings (SSSR count). The SMILES string of the molecule is COc1ccc(C(NC(=O)c2cc3ccccc3c(=O)[nH]2)C2CC2)cc1. The zero-order chi connectivity index (χ0) is 18.1. The van der Waals surface area contributed by atoms with E-state index in [-0.39, 0.29) is 23.2 Å². The van der Waals surface area contributed by atoms with Crippen molar-refractivity contribution in [1.29, 1.82) is 0 Å². The molecule has 1 saturated carbocycles. The van der Waals surface area contributed by atoms with Gasteiger partial charge in [0.1, 0.15) is 11.4 Å². The van der Waals surface area contributed by atoms with Crippen LogP contribution < -0.4 is 15.6 Å². The Kier molecular flexibility index (Phi) is 4.21. The van der Waals surface area contributed by atoms with Crippen LogP contribution in [0.5, 0.6) is 5.75 Å². The summed E-state index contributed by atoms with van der Waals surface area (Å²) in [7, 11) is 1.63. The molecule has 132 valence electrons. The number of amides is 1. The number of rotatable bonds is 5. The number of fused-ring (bicyclic) bond motifs is 1. The minimum absolute atomic E-state index is 0.0663. The molecule has 0 spiro atoms. The zero-order valence-corrected chi connectivity index (χ0v) is 14.5. The maximum absolute atomic E-state index is 12.8. The lowest BCUT2D eigenvalue weighted by Gasteiger charge is -2.19. The van der Waals surface area contributed by atoms with Crippen LogP contribution >= 0.6 is 0 Å². The van der Waals surface area contributed by atoms with E-state index in [1.54, 1.807) is 19.2 Å². The van der Waals surface area contributed by atoms with Gasteiger partial charge in [0.05, 0.1) is 13.2 Å². The molecule has 1 aliphatic rings. The van der Waals surface area contributed by atoms with E-state index in [1.165, 1.54) is 0 Å². The summed E-state index contributed by atoms with van der Waals surface area (Å²) in [6.07, 6.45) is 2.18. The highest BCUT2D eigenvalue weighted by molar-refractivity contribution is 5.96. The minimum Gasteiger partial charge on any atom is -0.497 e. The number of aromatic amines is 1. The third-order valence-corrected chi connectivity index (χ3v) is 4.85. The van der Waals surface area contributed by atoms with E-state index in [9.17, 15) is 9.59 Å². The lowest BCUT2D eigenvalue weighted by molar-refractivity contribution is 0.0926. The van der Waals surface area contributed by atoms with Crippen molar-refractivity contribution in [1.82, 2.24) is 10.3 Å². The van der Waals surface area contributed by atoms with Gasteiger partial charge in [-0.25, -0.2) is 0 Å². The van der Waals surface area contributed by atoms with E-state index in [0.29, 0.717) is 11.3 Å². The van der Waals surface area contributed by atoms with Crippen LogP contribution in [0.3, 0.4) is 0 Å². The van der Waals surface area contributed by atoms with E-state index in [0.717, 1.165) is 29.5 Å². The summed E-state index contributed by atoms with van der Waals surface area (Å²) in [4.78, 5) is 27.7. The Balaban J connectivity index is 1.61. The van der Waals surface area contributed by atoms with Gasteiger partial charge in [-0.3, -0.25) is 9.59 Å². The second-order valence-corrected chi connectivity index (χ2v) is 6.66. The number of H-pyrrole nitrogens is 1. The molecule has 1 fully saturated rings. The number of nitrogens with one attached hydrogen (secondary N) is 2. The first kappa shape index (κ1) is 16.4. The van der Waals surface area contributed by atoms with Crippen molar-refractivity contribution in [3.8, 4) is 5.75 Å². The number of hydrogen-bond acceptors (Lipinski definition) is 3. The number of hydrogen-bond donors (Lipinski definition) is 2. The molecule has 1 unspecified atom stereocenters. The Bertz CT molecular complexity index is 1000. The smallest absolute Gasteiger partial charge is 0.268 e. The molecule has 26 heavy (non-hydrogen) atoms. The summed E-state index contributed by atoms with van der Waals surface area (Å²) in [5.74, 6) is 0.952. The molecule has 0 radical (unpaired) electrons. The van der Waals surface area contributed by atoms with Crippen LogP contribution in [0.15, 0.2) is 59.4 Å². The molecule has 1 atom stereocenters. The summed E-state index contributed by atoms with van der Waals surface area (Å²) < 4.78 is 5.20. The van der Waals surface area contributed by atoms with Crippen LogP contribution in [0.2, 0.25) is 0 Å². The molecule has 0 aliphatic heterocycles. The van der Waals surface area contributed by atoms with E-state index in [2.05, 4.69) is 10.3 Å². The fourth-order valence-electron chi connectivity index (χ4n) is 3.27. The first-order chi connectivity index (χ1) is 12.7. The standard InChI is InChI=1S/C21H20N2O3/c1-26-16-10-8-14(9-11-16)19(13-6-7-13)23-21(25)18-12-15-4-2-3-5-17(15)20(24)22-18/h2-5,8-13,19H,6-7H2,1H3,(H,22,24)(H,23,25). The molecule has 1 heterocycles. The van der Waals surface area contributed by atoms with Gasteiger partial charge < -0.3 is 15.0 Å². The molecule has 2 N–H and O–H groups in total. The summed E-state index contributed by atoms with van der Waals surface area (Å²) in [6, 6.07) is 16.7. The zero-order valence-electron chi connectivity index (χ0n) is 14.5. The molecule has 0 bridgehead atoms. The summed E-state index contributed by atoms with van der Waals surface area (Å²) in [6.45, 7) is 0. The van der Waals surface area contributed by atoms with Gasteiger partial charge in [-0.05, 0) is 54.0 Å². The monoisotopic (exact) mass is 348 g/mol. The predicted molar refractivity (Wildman–Crippen MR) is 100 cm³/mol. The lowest BCUT2D eigenvalue weighted by atomic mass is 10.0. The summed E-state index contributed by atoms with van der Waals surface area (Å²) >= 11 is 0. The van der Waals surface area contributed by atoms with Crippen molar-refractivity contribution < 1.29 is 9.53 Å². The fraction of sp³-hybridized carbons (Fsp3) is 0.238. The maximum atomic E-state index is 12.8. The quantitative estimate of drug-likeness (QED) is 0.742. The van der Waals surface area contributed by atoms with Crippen molar-refractivity contribution in [3.05, 3.63) is 76.2 Å². The van der Waals surface area contributed by atoms with Gasteiger partial charge in [-0.1, -0.05) is 30.3 Å². The molecule has 1 aliphatic carbocycles. The lowest BCUT2D eigenvalue weighted by Crippen LogP contribution is -2.31. The van der Waals surface area contributed by atoms with Gasteiger partial charge >= 0.3 is 0 Å². The molecular formula is C21H20N2O3. The highest BCUT2D eigenvalue weighted by atomic mass is 16.5. The Labute approximate surface area is 151 Å². The van der Waals surface area contributed by atoms with Gasteiger partial charge in [-0.15, -0.1) is 0 Å². The number of methoxy groups -OCH3 is 1. The van der Waals surface area contributed by atoms with Crippen molar-refractivity contribution in [2.24, 2.45) is 5.92 Å². The highest BCUT2D eigenvalue weighted by Gasteiger charge is 2.33. The van der Waals surface area contributed by atoms with E-state index in [1.807, 2.05) is 42.5 Å². The second-order valence-electron chi connectivity index (χ2n) is 6.66. The van der Waals surface area contributed by atoms with Crippen molar-refractivity contribution in [2.45, 2.75) is 18.9 Å². The number of pyridine rings is 1. The third kappa shape index (κ3) is 3.20. The molecule has 1 amide bonds. The average Bonchev–Trinajstić information content (AvgIpc) is 3.51. The normalized spacial score (nSPS) is 14.8. The molecule has 3 aromatic rings. The van der Waals surface area contributed by atoms with Gasteiger partial charge in [0.15, 0.2) is 0 Å². The number of ether oxygens (including phenoxy) is 1. The van der Waals surface area contributed by atoms with E-state index >= 15 is 0 Å². The first-order valence-corrected chi connectivity index (χ1v) is 8.72. The number of benzene rings is 2. The first-order valence-electron chi connectivity index (χ1n) is 8.72. The largest absolute Gasteiger partial charge is 0.497 e. The minimum atomic E-state index is -0.263. The molecule has 5 nitrogen and oxygen atoms in total. The maximum Gasteiger partial charge on any atom is 0.268 e. The number of aromatic nitrogens is 1. The Hall–Kier alpha value is -3.08. The van der Waals surface area contributed by atoms with Gasteiger partial charge in [0, 0.05) is 5.39 Å². The van der Waals surface area contributed by atoms with Gasteiger partial charge in [-0.2, -0.15) is 0 Å². The van der Waals surface area contributed by atoms with Crippen molar-refractivity contribution >= 4 is 16.7 Å². The van der Waals surface area contributed by atoms with Crippen LogP contribution in [0.1, 0.15) is 34.9 Å². The van der Waals surface area contributed by atoms with Crippen molar-refractivity contribution in [2.75, 3.05) is 7.11 Å². The molecule has 0 saturated heterocycles. The Morgan fingerprint density at radius 3 is 2.58 bits per heavy atom. The fourth-order valence-corrected chi connectivity index (χ4v) is 3.27. The summed E-state index contributed by atoms with van der Waals surface area (Å²) in [5, 5.41) is 4.43. The predicted octanol–water partition coefficient (Wildman–Crippen LogP) is 3.42. The molecule has 5 heteroatoms. The summed E-state index contributed by atoms with van der Waals surface area (Å²) in [5.41, 5.74) is 1.08. The van der Waals surface area contributed by atoms with Crippen LogP contribution in [0, 0.1) is 5.92 Å². The second kappa shape index (κ2) is 6.67. The molecule has 2 aromatic carbocycles. The Morgan fingerprint density at radius 2 is 1.88 bits per heavy atom. The molecule has 1 aromatic heterocycles.